The molecule has 0 radical (unpaired) electrons. The third kappa shape index (κ3) is 4.49. The summed E-state index contributed by atoms with van der Waals surface area (Å²) in [5, 5.41) is 7.78. The maximum atomic E-state index is 13.7. The Balaban J connectivity index is 1.69. The van der Waals surface area contributed by atoms with Gasteiger partial charge in [0.05, 0.1) is 11.8 Å². The van der Waals surface area contributed by atoms with Crippen LogP contribution in [-0.2, 0) is 4.79 Å². The van der Waals surface area contributed by atoms with Crippen LogP contribution in [-0.4, -0.2) is 22.5 Å². The van der Waals surface area contributed by atoms with Gasteiger partial charge in [-0.15, -0.1) is 0 Å². The second-order valence-corrected chi connectivity index (χ2v) is 6.84. The molecular weight excluding hydrogens is 351 g/mol. The third-order valence-corrected chi connectivity index (χ3v) is 4.74. The SMILES string of the molecule is CC(=O)N[C@H](C)c1ccc(C2=NNC(=Nc3ccccc3F)SC2)cc1. The zero-order valence-corrected chi connectivity index (χ0v) is 15.3. The van der Waals surface area contributed by atoms with Crippen molar-refractivity contribution >= 4 is 34.2 Å². The average molecular weight is 370 g/mol. The molecule has 1 aliphatic rings. The van der Waals surface area contributed by atoms with Gasteiger partial charge in [-0.1, -0.05) is 48.2 Å². The fraction of sp³-hybridized carbons (Fsp3) is 0.211. The molecule has 0 aliphatic carbocycles. The zero-order valence-electron chi connectivity index (χ0n) is 14.5. The van der Waals surface area contributed by atoms with Gasteiger partial charge in [-0.3, -0.25) is 10.2 Å². The van der Waals surface area contributed by atoms with Crippen LogP contribution in [0, 0.1) is 5.82 Å². The summed E-state index contributed by atoms with van der Waals surface area (Å²) >= 11 is 1.47. The van der Waals surface area contributed by atoms with Gasteiger partial charge in [-0.05, 0) is 30.2 Å². The van der Waals surface area contributed by atoms with E-state index >= 15 is 0 Å². The minimum Gasteiger partial charge on any atom is -0.350 e. The van der Waals surface area contributed by atoms with E-state index in [1.807, 2.05) is 31.2 Å². The van der Waals surface area contributed by atoms with E-state index in [1.165, 1.54) is 24.8 Å². The molecule has 0 saturated carbocycles. The zero-order chi connectivity index (χ0) is 18.5. The number of hydrazone groups is 1. The van der Waals surface area contributed by atoms with Gasteiger partial charge in [0.2, 0.25) is 5.91 Å². The van der Waals surface area contributed by atoms with Crippen molar-refractivity contribution in [2.75, 3.05) is 5.75 Å². The van der Waals surface area contributed by atoms with Crippen molar-refractivity contribution in [3.05, 3.63) is 65.5 Å². The van der Waals surface area contributed by atoms with Crippen LogP contribution in [0.25, 0.3) is 0 Å². The summed E-state index contributed by atoms with van der Waals surface area (Å²) in [4.78, 5) is 15.4. The van der Waals surface area contributed by atoms with Crippen molar-refractivity contribution in [1.82, 2.24) is 10.7 Å². The summed E-state index contributed by atoms with van der Waals surface area (Å²) in [5.74, 6) is 0.225. The lowest BCUT2D eigenvalue weighted by Gasteiger charge is -2.16. The van der Waals surface area contributed by atoms with E-state index in [0.717, 1.165) is 16.8 Å². The largest absolute Gasteiger partial charge is 0.350 e. The van der Waals surface area contributed by atoms with Crippen molar-refractivity contribution < 1.29 is 9.18 Å². The van der Waals surface area contributed by atoms with Crippen LogP contribution in [0.5, 0.6) is 0 Å². The number of amides is 1. The van der Waals surface area contributed by atoms with Gasteiger partial charge in [0.25, 0.3) is 0 Å². The van der Waals surface area contributed by atoms with Gasteiger partial charge >= 0.3 is 0 Å². The van der Waals surface area contributed by atoms with E-state index in [-0.39, 0.29) is 23.5 Å². The lowest BCUT2D eigenvalue weighted by Crippen LogP contribution is -2.25. The Hall–Kier alpha value is -2.67. The second-order valence-electron chi connectivity index (χ2n) is 5.87. The summed E-state index contributed by atoms with van der Waals surface area (Å²) in [6, 6.07) is 14.3. The van der Waals surface area contributed by atoms with Crippen molar-refractivity contribution in [1.29, 1.82) is 0 Å². The van der Waals surface area contributed by atoms with E-state index < -0.39 is 0 Å². The van der Waals surface area contributed by atoms with E-state index in [0.29, 0.717) is 10.9 Å². The average Bonchev–Trinajstić information content (AvgIpc) is 2.64. The van der Waals surface area contributed by atoms with Crippen LogP contribution in [0.1, 0.15) is 31.0 Å². The fourth-order valence-electron chi connectivity index (χ4n) is 2.53. The Kier molecular flexibility index (Phi) is 5.68. The number of amidine groups is 1. The maximum Gasteiger partial charge on any atom is 0.217 e. The van der Waals surface area contributed by atoms with E-state index in [2.05, 4.69) is 20.8 Å². The van der Waals surface area contributed by atoms with Crippen molar-refractivity contribution in [2.45, 2.75) is 19.9 Å². The quantitative estimate of drug-likeness (QED) is 0.861. The molecule has 0 aromatic heterocycles. The van der Waals surface area contributed by atoms with Crippen LogP contribution in [0.2, 0.25) is 0 Å². The lowest BCUT2D eigenvalue weighted by atomic mass is 10.0. The molecule has 0 fully saturated rings. The molecule has 26 heavy (non-hydrogen) atoms. The van der Waals surface area contributed by atoms with Crippen LogP contribution in [0.15, 0.2) is 58.6 Å². The molecule has 0 unspecified atom stereocenters. The standard InChI is InChI=1S/C19H19FN4OS/c1-12(21-13(2)25)14-7-9-15(10-8-14)18-11-26-19(24-23-18)22-17-6-4-3-5-16(17)20/h3-10,12H,11H2,1-2H3,(H,21,25)(H,22,24)/t12-/m1/s1. The summed E-state index contributed by atoms with van der Waals surface area (Å²) in [6.45, 7) is 3.45. The maximum absolute atomic E-state index is 13.7. The molecule has 2 aromatic carbocycles. The summed E-state index contributed by atoms with van der Waals surface area (Å²) < 4.78 is 13.7. The topological polar surface area (TPSA) is 65.8 Å². The summed E-state index contributed by atoms with van der Waals surface area (Å²) in [6.07, 6.45) is 0. The molecule has 1 amide bonds. The van der Waals surface area contributed by atoms with Gasteiger partial charge in [0, 0.05) is 12.7 Å². The minimum absolute atomic E-state index is 0.0400. The first-order valence-corrected chi connectivity index (χ1v) is 9.17. The molecule has 0 spiro atoms. The predicted octanol–water partition coefficient (Wildman–Crippen LogP) is 3.75. The van der Waals surface area contributed by atoms with Crippen molar-refractivity contribution in [3.63, 3.8) is 0 Å². The first-order valence-electron chi connectivity index (χ1n) is 8.19. The number of halogens is 1. The molecule has 2 N–H and O–H groups in total. The van der Waals surface area contributed by atoms with Crippen LogP contribution in [0.4, 0.5) is 10.1 Å². The van der Waals surface area contributed by atoms with Crippen molar-refractivity contribution in [3.8, 4) is 0 Å². The number of hydrogen-bond acceptors (Lipinski definition) is 4. The molecule has 7 heteroatoms. The number of aliphatic imine (C=N–C) groups is 1. The number of benzene rings is 2. The van der Waals surface area contributed by atoms with Gasteiger partial charge in [-0.2, -0.15) is 5.10 Å². The highest BCUT2D eigenvalue weighted by Crippen LogP contribution is 2.21. The molecule has 134 valence electrons. The predicted molar refractivity (Wildman–Crippen MR) is 104 cm³/mol. The van der Waals surface area contributed by atoms with Crippen LogP contribution < -0.4 is 10.7 Å². The van der Waals surface area contributed by atoms with E-state index in [9.17, 15) is 9.18 Å². The number of carbonyl (C=O) groups excluding carboxylic acids is 1. The smallest absolute Gasteiger partial charge is 0.217 e. The number of rotatable bonds is 4. The van der Waals surface area contributed by atoms with E-state index in [4.69, 9.17) is 0 Å². The molecule has 1 atom stereocenters. The van der Waals surface area contributed by atoms with Gasteiger partial charge in [-0.25, -0.2) is 9.38 Å². The molecule has 2 aromatic rings. The number of carbonyl (C=O) groups is 1. The number of nitrogens with zero attached hydrogens (tertiary/aromatic N) is 2. The highest BCUT2D eigenvalue weighted by molar-refractivity contribution is 8.14. The molecule has 0 bridgehead atoms. The van der Waals surface area contributed by atoms with Crippen LogP contribution in [0.3, 0.4) is 0 Å². The minimum atomic E-state index is -0.360. The Bertz CT molecular complexity index is 864. The highest BCUT2D eigenvalue weighted by Gasteiger charge is 2.14. The van der Waals surface area contributed by atoms with Gasteiger partial charge in [0.1, 0.15) is 11.5 Å². The van der Waals surface area contributed by atoms with E-state index in [1.54, 1.807) is 18.2 Å². The fourth-order valence-corrected chi connectivity index (χ4v) is 3.30. The first kappa shape index (κ1) is 18.1. The molecule has 0 saturated heterocycles. The second kappa shape index (κ2) is 8.14. The third-order valence-electron chi connectivity index (χ3n) is 3.87. The highest BCUT2D eigenvalue weighted by atomic mass is 32.2. The Morgan fingerprint density at radius 1 is 1.27 bits per heavy atom. The molecule has 1 aliphatic heterocycles. The molecule has 5 nitrogen and oxygen atoms in total. The molecule has 3 rings (SSSR count). The molecule has 1 heterocycles. The number of thioether (sulfide) groups is 1. The van der Waals surface area contributed by atoms with Gasteiger partial charge in [0.15, 0.2) is 5.17 Å². The Labute approximate surface area is 155 Å². The first-order chi connectivity index (χ1) is 12.5. The number of nitrogens with one attached hydrogen (secondary N) is 2. The monoisotopic (exact) mass is 370 g/mol. The Morgan fingerprint density at radius 2 is 2.00 bits per heavy atom. The number of hydrogen-bond donors (Lipinski definition) is 2. The summed E-state index contributed by atoms with van der Waals surface area (Å²) in [7, 11) is 0. The summed E-state index contributed by atoms with van der Waals surface area (Å²) in [5.41, 5.74) is 6.09. The number of para-hydroxylation sites is 1. The van der Waals surface area contributed by atoms with Crippen LogP contribution >= 0.6 is 11.8 Å². The van der Waals surface area contributed by atoms with Crippen molar-refractivity contribution in [2.24, 2.45) is 10.1 Å². The molecular formula is C19H19FN4OS. The normalized spacial score (nSPS) is 16.6. The Morgan fingerprint density at radius 3 is 2.62 bits per heavy atom. The van der Waals surface area contributed by atoms with Gasteiger partial charge < -0.3 is 5.32 Å². The lowest BCUT2D eigenvalue weighted by molar-refractivity contribution is -0.119.